The van der Waals surface area contributed by atoms with Gasteiger partial charge in [0.25, 0.3) is 0 Å². The lowest BCUT2D eigenvalue weighted by molar-refractivity contribution is 0.101. The van der Waals surface area contributed by atoms with Gasteiger partial charge in [-0.1, -0.05) is 35.0 Å². The van der Waals surface area contributed by atoms with Gasteiger partial charge in [-0.15, -0.1) is 0 Å². The molecule has 1 fully saturated rings. The summed E-state index contributed by atoms with van der Waals surface area (Å²) in [5, 5.41) is 10.4. The molecule has 2 heterocycles. The zero-order chi connectivity index (χ0) is 19.0. The molecule has 4 nitrogen and oxygen atoms in total. The molecule has 0 amide bonds. The number of carbonyl (C=O) groups excluding carboxylic acids is 1. The van der Waals surface area contributed by atoms with Gasteiger partial charge < -0.3 is 9.84 Å². The van der Waals surface area contributed by atoms with Crippen LogP contribution in [0.5, 0.6) is 11.5 Å². The summed E-state index contributed by atoms with van der Waals surface area (Å²) in [7, 11) is 0. The molecule has 4 rings (SSSR count). The van der Waals surface area contributed by atoms with Crippen molar-refractivity contribution in [3.05, 3.63) is 63.3 Å². The third-order valence-electron chi connectivity index (χ3n) is 5.21. The first-order valence-corrected chi connectivity index (χ1v) is 10.1. The van der Waals surface area contributed by atoms with Crippen LogP contribution in [0, 0.1) is 5.92 Å². The summed E-state index contributed by atoms with van der Waals surface area (Å²) < 4.78 is 6.93. The second kappa shape index (κ2) is 7.49. The van der Waals surface area contributed by atoms with E-state index in [0.717, 1.165) is 29.5 Å². The summed E-state index contributed by atoms with van der Waals surface area (Å²) in [4.78, 5) is 15.1. The molecule has 0 aliphatic carbocycles. The van der Waals surface area contributed by atoms with Crippen LogP contribution in [-0.2, 0) is 6.54 Å². The van der Waals surface area contributed by atoms with Crippen molar-refractivity contribution in [2.24, 2.45) is 5.92 Å². The Hall–Kier alpha value is -2.11. The first-order chi connectivity index (χ1) is 13.0. The number of aromatic hydroxyl groups is 1. The van der Waals surface area contributed by atoms with Crippen molar-refractivity contribution in [2.75, 3.05) is 13.1 Å². The first-order valence-electron chi connectivity index (χ1n) is 9.28. The Morgan fingerprint density at radius 3 is 2.78 bits per heavy atom. The van der Waals surface area contributed by atoms with E-state index >= 15 is 0 Å². The summed E-state index contributed by atoms with van der Waals surface area (Å²) >= 11 is 3.41. The van der Waals surface area contributed by atoms with Crippen molar-refractivity contribution in [1.82, 2.24) is 4.90 Å². The van der Waals surface area contributed by atoms with Gasteiger partial charge in [-0.05, 0) is 61.2 Å². The number of ether oxygens (including phenoxy) is 1. The highest BCUT2D eigenvalue weighted by Crippen LogP contribution is 2.40. The number of phenols is 1. The molecular weight excluding hydrogens is 406 g/mol. The summed E-state index contributed by atoms with van der Waals surface area (Å²) in [6.07, 6.45) is 4.15. The van der Waals surface area contributed by atoms with Gasteiger partial charge in [0, 0.05) is 17.6 Å². The van der Waals surface area contributed by atoms with Gasteiger partial charge in [-0.25, -0.2) is 0 Å². The highest BCUT2D eigenvalue weighted by molar-refractivity contribution is 9.10. The lowest BCUT2D eigenvalue weighted by Gasteiger charge is -2.31. The fraction of sp³-hybridized carbons (Fsp3) is 0.318. The summed E-state index contributed by atoms with van der Waals surface area (Å²) in [6.45, 7) is 4.85. The molecule has 0 aromatic heterocycles. The molecule has 1 atom stereocenters. The smallest absolute Gasteiger partial charge is 0.231 e. The normalized spacial score (nSPS) is 21.3. The number of rotatable bonds is 3. The number of hydrogen-bond acceptors (Lipinski definition) is 4. The minimum absolute atomic E-state index is 0.138. The molecular formula is C22H22BrNO3. The van der Waals surface area contributed by atoms with Crippen LogP contribution < -0.4 is 4.74 Å². The van der Waals surface area contributed by atoms with E-state index in [1.54, 1.807) is 18.2 Å². The Bertz CT molecular complexity index is 905. The highest BCUT2D eigenvalue weighted by Gasteiger charge is 2.32. The summed E-state index contributed by atoms with van der Waals surface area (Å²) in [5.41, 5.74) is 2.12. The summed E-state index contributed by atoms with van der Waals surface area (Å²) in [5.74, 6) is 1.49. The van der Waals surface area contributed by atoms with Crippen molar-refractivity contribution in [3.63, 3.8) is 0 Å². The molecule has 1 unspecified atom stereocenters. The van der Waals surface area contributed by atoms with E-state index in [-0.39, 0.29) is 11.5 Å². The average Bonchev–Trinajstić information content (AvgIpc) is 2.96. The topological polar surface area (TPSA) is 49.8 Å². The first kappa shape index (κ1) is 18.3. The third kappa shape index (κ3) is 3.80. The Labute approximate surface area is 167 Å². The summed E-state index contributed by atoms with van der Waals surface area (Å²) in [6, 6.07) is 10.9. The molecule has 27 heavy (non-hydrogen) atoms. The molecule has 2 aromatic carbocycles. The Morgan fingerprint density at radius 2 is 2.04 bits per heavy atom. The van der Waals surface area contributed by atoms with Crippen LogP contribution in [0.1, 0.15) is 41.3 Å². The highest BCUT2D eigenvalue weighted by atomic mass is 79.9. The van der Waals surface area contributed by atoms with Gasteiger partial charge in [-0.2, -0.15) is 0 Å². The van der Waals surface area contributed by atoms with E-state index in [9.17, 15) is 9.90 Å². The van der Waals surface area contributed by atoms with Gasteiger partial charge in [0.1, 0.15) is 11.5 Å². The predicted molar refractivity (Wildman–Crippen MR) is 109 cm³/mol. The number of halogens is 1. The number of phenolic OH excluding ortho intramolecular Hbond substituents is 1. The van der Waals surface area contributed by atoms with E-state index in [4.69, 9.17) is 4.74 Å². The van der Waals surface area contributed by atoms with Gasteiger partial charge in [0.15, 0.2) is 5.76 Å². The second-order valence-corrected chi connectivity index (χ2v) is 8.33. The zero-order valence-corrected chi connectivity index (χ0v) is 16.8. The minimum Gasteiger partial charge on any atom is -0.507 e. The fourth-order valence-electron chi connectivity index (χ4n) is 3.81. The second-order valence-electron chi connectivity index (χ2n) is 7.41. The minimum atomic E-state index is -0.138. The molecule has 0 spiro atoms. The lowest BCUT2D eigenvalue weighted by atomic mass is 9.99. The quantitative estimate of drug-likeness (QED) is 0.699. The van der Waals surface area contributed by atoms with E-state index in [1.807, 2.05) is 24.3 Å². The largest absolute Gasteiger partial charge is 0.507 e. The van der Waals surface area contributed by atoms with E-state index < -0.39 is 0 Å². The van der Waals surface area contributed by atoms with Gasteiger partial charge >= 0.3 is 0 Å². The Morgan fingerprint density at radius 1 is 1.26 bits per heavy atom. The standard InChI is InChI=1S/C22H22BrNO3/c1-14-3-2-10-24(12-14)13-18-19(25)9-8-17-21(26)20(27-22(17)18)11-15-4-6-16(23)7-5-15/h4-9,11,14,25H,2-3,10,12-13H2,1H3/b20-11+. The van der Waals surface area contributed by atoms with Crippen LogP contribution >= 0.6 is 15.9 Å². The molecule has 2 aliphatic heterocycles. The number of nitrogens with zero attached hydrogens (tertiary/aromatic N) is 1. The number of fused-ring (bicyclic) bond motifs is 1. The molecule has 2 aromatic rings. The molecule has 1 saturated heterocycles. The Balaban J connectivity index is 1.63. The number of likely N-dealkylation sites (tertiary alicyclic amines) is 1. The fourth-order valence-corrected chi connectivity index (χ4v) is 4.08. The number of Topliss-reactive ketones (excluding diaryl/α,β-unsaturated/α-hetero) is 1. The maximum atomic E-state index is 12.8. The van der Waals surface area contributed by atoms with Gasteiger partial charge in [0.05, 0.1) is 11.1 Å². The van der Waals surface area contributed by atoms with E-state index in [0.29, 0.717) is 35.1 Å². The van der Waals surface area contributed by atoms with Crippen LogP contribution in [0.2, 0.25) is 0 Å². The third-order valence-corrected chi connectivity index (χ3v) is 5.74. The van der Waals surface area contributed by atoms with Gasteiger partial charge in [0.2, 0.25) is 5.78 Å². The molecule has 1 N–H and O–H groups in total. The van der Waals surface area contributed by atoms with Crippen LogP contribution in [-0.4, -0.2) is 28.9 Å². The molecule has 5 heteroatoms. The van der Waals surface area contributed by atoms with E-state index in [1.165, 1.54) is 6.42 Å². The van der Waals surface area contributed by atoms with Gasteiger partial charge in [-0.3, -0.25) is 9.69 Å². The van der Waals surface area contributed by atoms with Crippen molar-refractivity contribution in [2.45, 2.75) is 26.3 Å². The zero-order valence-electron chi connectivity index (χ0n) is 15.2. The molecule has 2 aliphatic rings. The number of piperidine rings is 1. The van der Waals surface area contributed by atoms with Crippen molar-refractivity contribution in [1.29, 1.82) is 0 Å². The van der Waals surface area contributed by atoms with Crippen molar-refractivity contribution in [3.8, 4) is 11.5 Å². The molecule has 0 radical (unpaired) electrons. The van der Waals surface area contributed by atoms with Crippen LogP contribution in [0.15, 0.2) is 46.6 Å². The number of ketones is 1. The average molecular weight is 428 g/mol. The van der Waals surface area contributed by atoms with Crippen LogP contribution in [0.4, 0.5) is 0 Å². The maximum Gasteiger partial charge on any atom is 0.231 e. The predicted octanol–water partition coefficient (Wildman–Crippen LogP) is 5.00. The molecule has 0 bridgehead atoms. The maximum absolute atomic E-state index is 12.8. The van der Waals surface area contributed by atoms with Crippen LogP contribution in [0.25, 0.3) is 6.08 Å². The van der Waals surface area contributed by atoms with Crippen molar-refractivity contribution >= 4 is 27.8 Å². The van der Waals surface area contributed by atoms with E-state index in [2.05, 4.69) is 27.8 Å². The number of hydrogen-bond donors (Lipinski definition) is 1. The molecule has 0 saturated carbocycles. The number of carbonyl (C=O) groups is 1. The monoisotopic (exact) mass is 427 g/mol. The Kier molecular flexibility index (Phi) is 5.06. The number of benzene rings is 2. The number of allylic oxidation sites excluding steroid dienone is 1. The van der Waals surface area contributed by atoms with Crippen molar-refractivity contribution < 1.29 is 14.6 Å². The molecule has 140 valence electrons. The lowest BCUT2D eigenvalue weighted by Crippen LogP contribution is -2.33. The SMILES string of the molecule is CC1CCCN(Cc2c(O)ccc3c2O/C(=C/c2ccc(Br)cc2)C3=O)C1. The van der Waals surface area contributed by atoms with Crippen LogP contribution in [0.3, 0.4) is 0 Å².